The molecule has 0 aliphatic heterocycles. The number of hydrogen-bond donors (Lipinski definition) is 0. The molecule has 1 aromatic heterocycles. The van der Waals surface area contributed by atoms with Crippen molar-refractivity contribution >= 4 is 11.3 Å². The molecular formula is C12H10N2S. The molecule has 0 spiro atoms. The molecule has 2 nitrogen and oxygen atoms in total. The third kappa shape index (κ3) is 2.05. The van der Waals surface area contributed by atoms with Crippen LogP contribution in [0, 0.1) is 11.3 Å². The molecule has 74 valence electrons. The first kappa shape index (κ1) is 9.88. The number of aromatic nitrogens is 1. The van der Waals surface area contributed by atoms with Crippen LogP contribution in [0.25, 0.3) is 10.6 Å². The van der Waals surface area contributed by atoms with Crippen LogP contribution in [0.15, 0.2) is 29.6 Å². The van der Waals surface area contributed by atoms with Gasteiger partial charge in [0, 0.05) is 10.9 Å². The Morgan fingerprint density at radius 1 is 1.47 bits per heavy atom. The lowest BCUT2D eigenvalue weighted by molar-refractivity contribution is 1.07. The highest BCUT2D eigenvalue weighted by Gasteiger charge is 2.03. The number of nitriles is 1. The molecule has 2 rings (SSSR count). The number of hydrogen-bond acceptors (Lipinski definition) is 3. The Balaban J connectivity index is 2.41. The van der Waals surface area contributed by atoms with E-state index in [4.69, 9.17) is 5.26 Å². The molecule has 1 heterocycles. The van der Waals surface area contributed by atoms with Gasteiger partial charge in [0.15, 0.2) is 0 Å². The summed E-state index contributed by atoms with van der Waals surface area (Å²) in [6.45, 7) is 2.09. The van der Waals surface area contributed by atoms with Crippen molar-refractivity contribution < 1.29 is 0 Å². The van der Waals surface area contributed by atoms with E-state index in [0.717, 1.165) is 22.7 Å². The van der Waals surface area contributed by atoms with Gasteiger partial charge in [0.2, 0.25) is 0 Å². The van der Waals surface area contributed by atoms with E-state index in [9.17, 15) is 0 Å². The van der Waals surface area contributed by atoms with Crippen LogP contribution in [-0.4, -0.2) is 4.98 Å². The van der Waals surface area contributed by atoms with Gasteiger partial charge in [0.1, 0.15) is 5.01 Å². The van der Waals surface area contributed by atoms with Crippen molar-refractivity contribution in [2.24, 2.45) is 0 Å². The summed E-state index contributed by atoms with van der Waals surface area (Å²) in [4.78, 5) is 4.48. The fraction of sp³-hybridized carbons (Fsp3) is 0.167. The molecule has 0 aliphatic carbocycles. The third-order valence-electron chi connectivity index (χ3n) is 2.15. The van der Waals surface area contributed by atoms with Crippen molar-refractivity contribution in [3.63, 3.8) is 0 Å². The first-order chi connectivity index (χ1) is 7.33. The van der Waals surface area contributed by atoms with E-state index < -0.39 is 0 Å². The van der Waals surface area contributed by atoms with Gasteiger partial charge in [-0.15, -0.1) is 11.3 Å². The van der Waals surface area contributed by atoms with Crippen molar-refractivity contribution in [3.8, 4) is 16.6 Å². The van der Waals surface area contributed by atoms with Gasteiger partial charge in [-0.3, -0.25) is 0 Å². The molecular weight excluding hydrogens is 204 g/mol. The van der Waals surface area contributed by atoms with Crippen molar-refractivity contribution in [2.45, 2.75) is 13.3 Å². The Labute approximate surface area is 92.8 Å². The lowest BCUT2D eigenvalue weighted by Gasteiger charge is -1.95. The van der Waals surface area contributed by atoms with E-state index in [1.165, 1.54) is 0 Å². The van der Waals surface area contributed by atoms with Crippen molar-refractivity contribution in [1.82, 2.24) is 4.98 Å². The fourth-order valence-corrected chi connectivity index (χ4v) is 2.22. The minimum absolute atomic E-state index is 0.681. The maximum absolute atomic E-state index is 8.79. The Bertz CT molecular complexity index is 508. The van der Waals surface area contributed by atoms with Crippen LogP contribution in [0.3, 0.4) is 0 Å². The number of thiazole rings is 1. The molecule has 0 unspecified atom stereocenters. The molecule has 0 aliphatic rings. The summed E-state index contributed by atoms with van der Waals surface area (Å²) in [7, 11) is 0. The second-order valence-corrected chi connectivity index (χ2v) is 4.05. The standard InChI is InChI=1S/C12H10N2S/c1-2-11-8-15-12(14-11)10-5-3-4-9(6-10)7-13/h3-6,8H,2H2,1H3. The van der Waals surface area contributed by atoms with Crippen molar-refractivity contribution in [1.29, 1.82) is 5.26 Å². The molecule has 0 N–H and O–H groups in total. The Hall–Kier alpha value is -1.66. The maximum atomic E-state index is 8.79. The average molecular weight is 214 g/mol. The van der Waals surface area contributed by atoms with Crippen LogP contribution in [0.5, 0.6) is 0 Å². The number of aryl methyl sites for hydroxylation is 1. The molecule has 0 bridgehead atoms. The summed E-state index contributed by atoms with van der Waals surface area (Å²) in [6.07, 6.45) is 0.953. The van der Waals surface area contributed by atoms with Gasteiger partial charge in [-0.2, -0.15) is 5.26 Å². The van der Waals surface area contributed by atoms with Gasteiger partial charge in [0.25, 0.3) is 0 Å². The van der Waals surface area contributed by atoms with Crippen LogP contribution < -0.4 is 0 Å². The lowest BCUT2D eigenvalue weighted by Crippen LogP contribution is -1.81. The highest BCUT2D eigenvalue weighted by atomic mass is 32.1. The van der Waals surface area contributed by atoms with Crippen molar-refractivity contribution in [3.05, 3.63) is 40.9 Å². The van der Waals surface area contributed by atoms with Crippen molar-refractivity contribution in [2.75, 3.05) is 0 Å². The summed E-state index contributed by atoms with van der Waals surface area (Å²) in [5.41, 5.74) is 2.82. The minimum Gasteiger partial charge on any atom is -0.241 e. The molecule has 0 saturated heterocycles. The highest BCUT2D eigenvalue weighted by Crippen LogP contribution is 2.24. The second kappa shape index (κ2) is 4.24. The smallest absolute Gasteiger partial charge is 0.123 e. The quantitative estimate of drug-likeness (QED) is 0.769. The number of benzene rings is 1. The maximum Gasteiger partial charge on any atom is 0.123 e. The third-order valence-corrected chi connectivity index (χ3v) is 3.09. The number of nitrogens with zero attached hydrogens (tertiary/aromatic N) is 2. The molecule has 0 saturated carbocycles. The van der Waals surface area contributed by atoms with Crippen LogP contribution in [0.2, 0.25) is 0 Å². The molecule has 15 heavy (non-hydrogen) atoms. The predicted octanol–water partition coefficient (Wildman–Crippen LogP) is 3.24. The minimum atomic E-state index is 0.681. The van der Waals surface area contributed by atoms with Gasteiger partial charge in [-0.1, -0.05) is 19.1 Å². The summed E-state index contributed by atoms with van der Waals surface area (Å²) >= 11 is 1.63. The van der Waals surface area contributed by atoms with Crippen LogP contribution in [-0.2, 0) is 6.42 Å². The van der Waals surface area contributed by atoms with Gasteiger partial charge in [-0.25, -0.2) is 4.98 Å². The average Bonchev–Trinajstić information content (AvgIpc) is 2.78. The molecule has 3 heteroatoms. The largest absolute Gasteiger partial charge is 0.241 e. The van der Waals surface area contributed by atoms with E-state index in [1.54, 1.807) is 17.4 Å². The van der Waals surface area contributed by atoms with E-state index >= 15 is 0 Å². The highest BCUT2D eigenvalue weighted by molar-refractivity contribution is 7.13. The fourth-order valence-electron chi connectivity index (χ4n) is 1.32. The van der Waals surface area contributed by atoms with Crippen LogP contribution >= 0.6 is 11.3 Å². The predicted molar refractivity (Wildman–Crippen MR) is 61.6 cm³/mol. The van der Waals surface area contributed by atoms with E-state index in [-0.39, 0.29) is 0 Å². The topological polar surface area (TPSA) is 36.7 Å². The molecule has 0 atom stereocenters. The van der Waals surface area contributed by atoms with E-state index in [1.807, 2.05) is 18.2 Å². The second-order valence-electron chi connectivity index (χ2n) is 3.19. The first-order valence-corrected chi connectivity index (χ1v) is 5.66. The SMILES string of the molecule is CCc1csc(-c2cccc(C#N)c2)n1. The zero-order chi connectivity index (χ0) is 10.7. The Kier molecular flexibility index (Phi) is 2.79. The van der Waals surface area contributed by atoms with E-state index in [0.29, 0.717) is 5.56 Å². The number of rotatable bonds is 2. The molecule has 0 radical (unpaired) electrons. The van der Waals surface area contributed by atoms with Gasteiger partial charge in [0.05, 0.1) is 17.3 Å². The van der Waals surface area contributed by atoms with Gasteiger partial charge in [-0.05, 0) is 18.6 Å². The normalized spacial score (nSPS) is 9.87. The lowest BCUT2D eigenvalue weighted by atomic mass is 10.1. The zero-order valence-electron chi connectivity index (χ0n) is 8.40. The van der Waals surface area contributed by atoms with E-state index in [2.05, 4.69) is 23.4 Å². The monoisotopic (exact) mass is 214 g/mol. The van der Waals surface area contributed by atoms with Crippen LogP contribution in [0.1, 0.15) is 18.2 Å². The molecule has 0 amide bonds. The summed E-state index contributed by atoms with van der Waals surface area (Å²) < 4.78 is 0. The molecule has 0 fully saturated rings. The van der Waals surface area contributed by atoms with Gasteiger partial charge < -0.3 is 0 Å². The van der Waals surface area contributed by atoms with Crippen LogP contribution in [0.4, 0.5) is 0 Å². The first-order valence-electron chi connectivity index (χ1n) is 4.78. The summed E-state index contributed by atoms with van der Waals surface area (Å²) in [5, 5.41) is 11.8. The zero-order valence-corrected chi connectivity index (χ0v) is 9.21. The molecule has 2 aromatic rings. The van der Waals surface area contributed by atoms with Gasteiger partial charge >= 0.3 is 0 Å². The summed E-state index contributed by atoms with van der Waals surface area (Å²) in [5.74, 6) is 0. The Morgan fingerprint density at radius 2 is 2.33 bits per heavy atom. The summed E-state index contributed by atoms with van der Waals surface area (Å²) in [6, 6.07) is 9.69. The Morgan fingerprint density at radius 3 is 3.00 bits per heavy atom. The molecule has 1 aromatic carbocycles.